The number of aliphatic hydroxyl groups excluding tert-OH is 1. The second-order valence-electron chi connectivity index (χ2n) is 26.9. The van der Waals surface area contributed by atoms with Crippen molar-refractivity contribution in [3.8, 4) is 0 Å². The first kappa shape index (κ1) is 91.1. The van der Waals surface area contributed by atoms with Crippen LogP contribution in [0.1, 0.15) is 388 Å². The maximum absolute atomic E-state index is 13.1. The topological polar surface area (TPSA) is 237 Å². The number of unbranched alkanes of at least 4 members (excludes halogenated alkanes) is 45. The van der Waals surface area contributed by atoms with Crippen LogP contribution in [0.5, 0.6) is 0 Å². The number of carbonyl (C=O) groups excluding carboxylic acids is 4. The third kappa shape index (κ3) is 67.0. The second kappa shape index (κ2) is 67.3. The predicted molar refractivity (Wildman–Crippen MR) is 377 cm³/mol. The molecule has 0 aromatic rings. The van der Waals surface area contributed by atoms with E-state index in [4.69, 9.17) is 37.0 Å². The van der Waals surface area contributed by atoms with Crippen LogP contribution in [0.15, 0.2) is 0 Å². The largest absolute Gasteiger partial charge is 0.472 e. The lowest BCUT2D eigenvalue weighted by Crippen LogP contribution is -2.30. The van der Waals surface area contributed by atoms with Gasteiger partial charge in [-0.2, -0.15) is 0 Å². The van der Waals surface area contributed by atoms with Crippen molar-refractivity contribution in [2.75, 3.05) is 39.6 Å². The molecule has 0 bridgehead atoms. The number of phosphoric ester groups is 2. The minimum atomic E-state index is -4.95. The molecule has 0 rings (SSSR count). The van der Waals surface area contributed by atoms with E-state index in [0.29, 0.717) is 25.7 Å². The molecule has 19 heteroatoms. The predicted octanol–water partition coefficient (Wildman–Crippen LogP) is 21.7. The summed E-state index contributed by atoms with van der Waals surface area (Å²) in [5.41, 5.74) is 0. The molecule has 0 saturated heterocycles. The minimum absolute atomic E-state index is 0.107. The lowest BCUT2D eigenvalue weighted by atomic mass is 9.99. The van der Waals surface area contributed by atoms with Gasteiger partial charge in [-0.25, -0.2) is 9.13 Å². The summed E-state index contributed by atoms with van der Waals surface area (Å²) in [6.45, 7) is 7.30. The van der Waals surface area contributed by atoms with Crippen molar-refractivity contribution < 1.29 is 80.2 Å². The molecule has 0 heterocycles. The van der Waals surface area contributed by atoms with Crippen molar-refractivity contribution in [1.82, 2.24) is 0 Å². The van der Waals surface area contributed by atoms with Gasteiger partial charge in [-0.3, -0.25) is 37.3 Å². The standard InChI is InChI=1S/C74H144O17P2/c1-6-10-13-16-19-22-24-25-26-27-28-32-35-39-43-48-53-58-72(77)85-64-70(91-74(79)60-55-50-45-40-36-33-30-29-31-34-37-41-46-51-56-67(5)9-4)66-89-93(82,83)87-62-68(75)61-86-92(80,81)88-65-69(63-84-71(76)57-52-47-42-21-18-15-12-8-3)90-73(78)59-54-49-44-38-23-20-17-14-11-7-2/h67-70,75H,6-66H2,1-5H3,(H,80,81)(H,82,83)/t67?,68-,69+,70+/m0/s1. The summed E-state index contributed by atoms with van der Waals surface area (Å²) in [5.74, 6) is -1.27. The number of carbonyl (C=O) groups is 4. The number of rotatable bonds is 74. The maximum atomic E-state index is 13.1. The van der Waals surface area contributed by atoms with Crippen LogP contribution in [-0.2, 0) is 65.4 Å². The Labute approximate surface area is 568 Å². The molecule has 0 amide bonds. The van der Waals surface area contributed by atoms with E-state index in [-0.39, 0.29) is 25.7 Å². The molecule has 552 valence electrons. The van der Waals surface area contributed by atoms with Crippen LogP contribution in [-0.4, -0.2) is 96.7 Å². The molecule has 0 aromatic heterocycles. The first-order chi connectivity index (χ1) is 45.1. The number of hydrogen-bond donors (Lipinski definition) is 3. The van der Waals surface area contributed by atoms with E-state index >= 15 is 0 Å². The molecule has 6 atom stereocenters. The number of hydrogen-bond acceptors (Lipinski definition) is 15. The molecule has 0 aliphatic carbocycles. The molecule has 0 aliphatic heterocycles. The van der Waals surface area contributed by atoms with Crippen molar-refractivity contribution in [2.24, 2.45) is 5.92 Å². The second-order valence-corrected chi connectivity index (χ2v) is 29.8. The van der Waals surface area contributed by atoms with Gasteiger partial charge in [0, 0.05) is 25.7 Å². The summed E-state index contributed by atoms with van der Waals surface area (Å²) < 4.78 is 68.3. The van der Waals surface area contributed by atoms with E-state index in [0.717, 1.165) is 102 Å². The van der Waals surface area contributed by atoms with E-state index in [9.17, 15) is 43.2 Å². The monoisotopic (exact) mass is 1370 g/mol. The van der Waals surface area contributed by atoms with Crippen LogP contribution < -0.4 is 0 Å². The van der Waals surface area contributed by atoms with Gasteiger partial charge in [0.15, 0.2) is 12.2 Å². The van der Waals surface area contributed by atoms with Crippen molar-refractivity contribution in [2.45, 2.75) is 406 Å². The molecule has 0 radical (unpaired) electrons. The molecule has 0 spiro atoms. The Morgan fingerprint density at radius 1 is 0.301 bits per heavy atom. The summed E-state index contributed by atoms with van der Waals surface area (Å²) in [5, 5.41) is 10.6. The number of esters is 4. The van der Waals surface area contributed by atoms with Crippen LogP contribution in [0, 0.1) is 5.92 Å². The summed E-state index contributed by atoms with van der Waals surface area (Å²) in [6.07, 6.45) is 55.5. The number of phosphoric acid groups is 2. The zero-order valence-corrected chi connectivity index (χ0v) is 62.2. The third-order valence-electron chi connectivity index (χ3n) is 17.6. The van der Waals surface area contributed by atoms with Crippen molar-refractivity contribution in [3.63, 3.8) is 0 Å². The normalized spacial score (nSPS) is 14.3. The molecule has 3 N–H and O–H groups in total. The molecular formula is C74H144O17P2. The maximum Gasteiger partial charge on any atom is 0.472 e. The smallest absolute Gasteiger partial charge is 0.462 e. The fraction of sp³-hybridized carbons (Fsp3) is 0.946. The van der Waals surface area contributed by atoms with Crippen molar-refractivity contribution in [1.29, 1.82) is 0 Å². The van der Waals surface area contributed by atoms with Gasteiger partial charge in [-0.05, 0) is 31.6 Å². The third-order valence-corrected chi connectivity index (χ3v) is 19.5. The highest BCUT2D eigenvalue weighted by Crippen LogP contribution is 2.45. The summed E-state index contributed by atoms with van der Waals surface area (Å²) in [6, 6.07) is 0. The molecule has 0 aliphatic rings. The van der Waals surface area contributed by atoms with Crippen LogP contribution >= 0.6 is 15.6 Å². The van der Waals surface area contributed by atoms with Crippen LogP contribution in [0.3, 0.4) is 0 Å². The van der Waals surface area contributed by atoms with Crippen LogP contribution in [0.2, 0.25) is 0 Å². The lowest BCUT2D eigenvalue weighted by molar-refractivity contribution is -0.161. The van der Waals surface area contributed by atoms with Gasteiger partial charge >= 0.3 is 39.5 Å². The zero-order chi connectivity index (χ0) is 68.4. The molecule has 0 fully saturated rings. The minimum Gasteiger partial charge on any atom is -0.462 e. The Kier molecular flexibility index (Phi) is 65.9. The van der Waals surface area contributed by atoms with Gasteiger partial charge in [0.1, 0.15) is 19.3 Å². The van der Waals surface area contributed by atoms with E-state index in [2.05, 4.69) is 34.6 Å². The van der Waals surface area contributed by atoms with Gasteiger partial charge in [0.2, 0.25) is 0 Å². The quantitative estimate of drug-likeness (QED) is 0.0222. The SMILES string of the molecule is CCCCCCCCCCCCCCCCCCCC(=O)OC[C@H](COP(=O)(O)OC[C@@H](O)COP(=O)(O)OC[C@@H](COC(=O)CCCCCCCCCC)OC(=O)CCCCCCCCCCCC)OC(=O)CCCCCCCCCCCCCCCCC(C)CC. The van der Waals surface area contributed by atoms with Crippen molar-refractivity contribution in [3.05, 3.63) is 0 Å². The Balaban J connectivity index is 5.19. The number of ether oxygens (including phenoxy) is 4. The first-order valence-corrected chi connectivity index (χ1v) is 41.7. The Hall–Kier alpha value is -1.94. The average molecular weight is 1370 g/mol. The van der Waals surface area contributed by atoms with E-state index in [1.807, 2.05) is 0 Å². The number of aliphatic hydroxyl groups is 1. The molecule has 3 unspecified atom stereocenters. The Morgan fingerprint density at radius 2 is 0.516 bits per heavy atom. The molecule has 93 heavy (non-hydrogen) atoms. The highest BCUT2D eigenvalue weighted by molar-refractivity contribution is 7.47. The van der Waals surface area contributed by atoms with Crippen LogP contribution in [0.25, 0.3) is 0 Å². The summed E-state index contributed by atoms with van der Waals surface area (Å²) in [4.78, 5) is 72.6. The Morgan fingerprint density at radius 3 is 0.763 bits per heavy atom. The van der Waals surface area contributed by atoms with Crippen molar-refractivity contribution >= 4 is 39.5 Å². The summed E-state index contributed by atoms with van der Waals surface area (Å²) in [7, 11) is -9.90. The van der Waals surface area contributed by atoms with Gasteiger partial charge in [0.05, 0.1) is 26.4 Å². The molecule has 17 nitrogen and oxygen atoms in total. The zero-order valence-electron chi connectivity index (χ0n) is 60.4. The van der Waals surface area contributed by atoms with Gasteiger partial charge in [0.25, 0.3) is 0 Å². The lowest BCUT2D eigenvalue weighted by Gasteiger charge is -2.21. The van der Waals surface area contributed by atoms with E-state index in [1.54, 1.807) is 0 Å². The van der Waals surface area contributed by atoms with Gasteiger partial charge in [-0.15, -0.1) is 0 Å². The average Bonchev–Trinajstić information content (AvgIpc) is 2.72. The van der Waals surface area contributed by atoms with Gasteiger partial charge < -0.3 is 33.8 Å². The molecule has 0 saturated carbocycles. The summed E-state index contributed by atoms with van der Waals surface area (Å²) >= 11 is 0. The van der Waals surface area contributed by atoms with E-state index < -0.39 is 97.5 Å². The first-order valence-electron chi connectivity index (χ1n) is 38.7. The van der Waals surface area contributed by atoms with E-state index in [1.165, 1.54) is 205 Å². The van der Waals surface area contributed by atoms with Gasteiger partial charge in [-0.1, -0.05) is 336 Å². The molecule has 0 aromatic carbocycles. The fourth-order valence-corrected chi connectivity index (χ4v) is 12.9. The Bertz CT molecular complexity index is 1790. The highest BCUT2D eigenvalue weighted by Gasteiger charge is 2.30. The van der Waals surface area contributed by atoms with Crippen LogP contribution in [0.4, 0.5) is 0 Å². The fourth-order valence-electron chi connectivity index (χ4n) is 11.3. The molecular weight excluding hydrogens is 1220 g/mol. The highest BCUT2D eigenvalue weighted by atomic mass is 31.2.